The number of aromatic nitrogens is 2. The Morgan fingerprint density at radius 3 is 2.74 bits per heavy atom. The van der Waals surface area contributed by atoms with E-state index in [9.17, 15) is 0 Å². The predicted molar refractivity (Wildman–Crippen MR) is 115 cm³/mol. The quantitative estimate of drug-likeness (QED) is 0.615. The highest BCUT2D eigenvalue weighted by atomic mass is 35.5. The van der Waals surface area contributed by atoms with E-state index in [4.69, 9.17) is 28.3 Å². The standard InChI is InChI=1S/C21H22Cl2N4/c1-26(2)16-7-5-6-14(12-16)20-17-8-3-4-11-24-21(17)27(25-20)19-13-15(22)9-10-18(19)23/h5-7,9-10,12-13,24H,3-4,8,11H2,1-2H3. The molecule has 4 nitrogen and oxygen atoms in total. The highest BCUT2D eigenvalue weighted by molar-refractivity contribution is 6.34. The van der Waals surface area contributed by atoms with Gasteiger partial charge in [-0.3, -0.25) is 0 Å². The molecule has 0 bridgehead atoms. The second kappa shape index (κ2) is 7.45. The van der Waals surface area contributed by atoms with Crippen molar-refractivity contribution in [1.29, 1.82) is 0 Å². The molecule has 27 heavy (non-hydrogen) atoms. The maximum atomic E-state index is 6.48. The van der Waals surface area contributed by atoms with Gasteiger partial charge in [0.05, 0.1) is 16.4 Å². The summed E-state index contributed by atoms with van der Waals surface area (Å²) in [5, 5.41) is 9.79. The van der Waals surface area contributed by atoms with Gasteiger partial charge in [-0.05, 0) is 49.6 Å². The molecule has 4 rings (SSSR count). The van der Waals surface area contributed by atoms with E-state index in [1.54, 1.807) is 6.07 Å². The number of anilines is 2. The molecule has 3 aromatic rings. The largest absolute Gasteiger partial charge is 0.378 e. The Balaban J connectivity index is 1.92. The minimum Gasteiger partial charge on any atom is -0.378 e. The first-order valence-corrected chi connectivity index (χ1v) is 9.89. The monoisotopic (exact) mass is 400 g/mol. The van der Waals surface area contributed by atoms with Gasteiger partial charge >= 0.3 is 0 Å². The molecule has 140 valence electrons. The molecule has 0 aliphatic carbocycles. The fourth-order valence-corrected chi connectivity index (χ4v) is 3.85. The average molecular weight is 401 g/mol. The Labute approximate surface area is 169 Å². The number of nitrogens with zero attached hydrogens (tertiary/aromatic N) is 3. The summed E-state index contributed by atoms with van der Waals surface area (Å²) in [5.74, 6) is 1.02. The number of hydrogen-bond acceptors (Lipinski definition) is 3. The normalized spacial score (nSPS) is 13.6. The summed E-state index contributed by atoms with van der Waals surface area (Å²) < 4.78 is 1.91. The molecule has 1 aliphatic heterocycles. The highest BCUT2D eigenvalue weighted by Gasteiger charge is 2.23. The first-order valence-electron chi connectivity index (χ1n) is 9.13. The molecule has 6 heteroatoms. The van der Waals surface area contributed by atoms with Crippen molar-refractivity contribution >= 4 is 34.7 Å². The van der Waals surface area contributed by atoms with E-state index in [0.717, 1.165) is 54.3 Å². The van der Waals surface area contributed by atoms with E-state index in [1.165, 1.54) is 5.56 Å². The van der Waals surface area contributed by atoms with Gasteiger partial charge in [0.15, 0.2) is 0 Å². The zero-order chi connectivity index (χ0) is 19.0. The van der Waals surface area contributed by atoms with E-state index in [1.807, 2.05) is 30.9 Å². The second-order valence-electron chi connectivity index (χ2n) is 7.01. The van der Waals surface area contributed by atoms with Crippen molar-refractivity contribution in [2.75, 3.05) is 30.9 Å². The van der Waals surface area contributed by atoms with Gasteiger partial charge in [0.2, 0.25) is 0 Å². The summed E-state index contributed by atoms with van der Waals surface area (Å²) in [6, 6.07) is 13.9. The molecule has 1 aliphatic rings. The van der Waals surface area contributed by atoms with E-state index in [0.29, 0.717) is 10.0 Å². The van der Waals surface area contributed by atoms with Gasteiger partial charge in [-0.2, -0.15) is 5.10 Å². The molecular formula is C21H22Cl2N4. The number of hydrogen-bond donors (Lipinski definition) is 1. The fraction of sp³-hybridized carbons (Fsp3) is 0.286. The maximum absolute atomic E-state index is 6.48. The Morgan fingerprint density at radius 1 is 1.07 bits per heavy atom. The third-order valence-electron chi connectivity index (χ3n) is 4.90. The molecule has 0 radical (unpaired) electrons. The Hall–Kier alpha value is -2.17. The molecule has 0 atom stereocenters. The van der Waals surface area contributed by atoms with Gasteiger partial charge in [-0.15, -0.1) is 0 Å². The Morgan fingerprint density at radius 2 is 1.93 bits per heavy atom. The first kappa shape index (κ1) is 18.2. The highest BCUT2D eigenvalue weighted by Crippen LogP contribution is 2.37. The molecule has 0 saturated heterocycles. The van der Waals surface area contributed by atoms with Crippen molar-refractivity contribution in [3.63, 3.8) is 0 Å². The number of fused-ring (bicyclic) bond motifs is 1. The second-order valence-corrected chi connectivity index (χ2v) is 7.86. The average Bonchev–Trinajstić information content (AvgIpc) is 2.84. The lowest BCUT2D eigenvalue weighted by Gasteiger charge is -2.13. The summed E-state index contributed by atoms with van der Waals surface area (Å²) in [7, 11) is 4.09. The predicted octanol–water partition coefficient (Wildman–Crippen LogP) is 5.66. The Bertz CT molecular complexity index is 978. The molecule has 2 aromatic carbocycles. The van der Waals surface area contributed by atoms with Crippen LogP contribution in [0.3, 0.4) is 0 Å². The smallest absolute Gasteiger partial charge is 0.133 e. The van der Waals surface area contributed by atoms with Crippen LogP contribution in [-0.4, -0.2) is 30.4 Å². The van der Waals surface area contributed by atoms with Crippen LogP contribution in [0.2, 0.25) is 10.0 Å². The van der Waals surface area contributed by atoms with Crippen LogP contribution in [0.25, 0.3) is 16.9 Å². The maximum Gasteiger partial charge on any atom is 0.133 e. The molecule has 0 fully saturated rings. The van der Waals surface area contributed by atoms with Crippen LogP contribution in [0.4, 0.5) is 11.5 Å². The van der Waals surface area contributed by atoms with Crippen molar-refractivity contribution in [2.45, 2.75) is 19.3 Å². The van der Waals surface area contributed by atoms with Crippen molar-refractivity contribution in [2.24, 2.45) is 0 Å². The zero-order valence-corrected chi connectivity index (χ0v) is 17.0. The lowest BCUT2D eigenvalue weighted by Crippen LogP contribution is -2.08. The minimum atomic E-state index is 0.629. The van der Waals surface area contributed by atoms with E-state index < -0.39 is 0 Å². The van der Waals surface area contributed by atoms with Crippen LogP contribution in [0, 0.1) is 0 Å². The van der Waals surface area contributed by atoms with Crippen molar-refractivity contribution < 1.29 is 0 Å². The van der Waals surface area contributed by atoms with Crippen molar-refractivity contribution in [1.82, 2.24) is 9.78 Å². The van der Waals surface area contributed by atoms with Crippen LogP contribution >= 0.6 is 23.2 Å². The van der Waals surface area contributed by atoms with Gasteiger partial charge in [-0.1, -0.05) is 35.3 Å². The summed E-state index contributed by atoms with van der Waals surface area (Å²) in [5.41, 5.74) is 5.29. The van der Waals surface area contributed by atoms with Gasteiger partial charge in [0.25, 0.3) is 0 Å². The van der Waals surface area contributed by atoms with Crippen LogP contribution < -0.4 is 10.2 Å². The molecule has 0 amide bonds. The van der Waals surface area contributed by atoms with E-state index in [2.05, 4.69) is 34.5 Å². The van der Waals surface area contributed by atoms with Crippen LogP contribution in [0.15, 0.2) is 42.5 Å². The fourth-order valence-electron chi connectivity index (χ4n) is 3.49. The van der Waals surface area contributed by atoms with E-state index >= 15 is 0 Å². The number of benzene rings is 2. The van der Waals surface area contributed by atoms with Crippen molar-refractivity contribution in [3.8, 4) is 16.9 Å². The molecule has 0 saturated carbocycles. The summed E-state index contributed by atoms with van der Waals surface area (Å²) >= 11 is 12.7. The Kier molecular flexibility index (Phi) is 5.02. The lowest BCUT2D eigenvalue weighted by atomic mass is 10.0. The number of halogens is 2. The van der Waals surface area contributed by atoms with Crippen LogP contribution in [0.1, 0.15) is 18.4 Å². The zero-order valence-electron chi connectivity index (χ0n) is 15.5. The molecule has 1 aromatic heterocycles. The van der Waals surface area contributed by atoms with Crippen molar-refractivity contribution in [3.05, 3.63) is 58.1 Å². The summed E-state index contributed by atoms with van der Waals surface area (Å²) in [6.45, 7) is 0.925. The van der Waals surface area contributed by atoms with Gasteiger partial charge in [0.1, 0.15) is 5.82 Å². The molecule has 0 unspecified atom stereocenters. The first-order chi connectivity index (χ1) is 13.0. The minimum absolute atomic E-state index is 0.629. The third-order valence-corrected chi connectivity index (χ3v) is 5.46. The lowest BCUT2D eigenvalue weighted by molar-refractivity contribution is 0.780. The van der Waals surface area contributed by atoms with E-state index in [-0.39, 0.29) is 0 Å². The number of nitrogens with one attached hydrogen (secondary N) is 1. The molecular weight excluding hydrogens is 379 g/mol. The molecule has 2 heterocycles. The molecule has 1 N–H and O–H groups in total. The topological polar surface area (TPSA) is 33.1 Å². The van der Waals surface area contributed by atoms with Gasteiger partial charge in [0, 0.05) is 42.5 Å². The third kappa shape index (κ3) is 3.52. The van der Waals surface area contributed by atoms with Gasteiger partial charge in [-0.25, -0.2) is 4.68 Å². The van der Waals surface area contributed by atoms with Crippen LogP contribution in [-0.2, 0) is 6.42 Å². The molecule has 0 spiro atoms. The van der Waals surface area contributed by atoms with Gasteiger partial charge < -0.3 is 10.2 Å². The summed E-state index contributed by atoms with van der Waals surface area (Å²) in [4.78, 5) is 2.10. The summed E-state index contributed by atoms with van der Waals surface area (Å²) in [6.07, 6.45) is 3.26. The van der Waals surface area contributed by atoms with Crippen LogP contribution in [0.5, 0.6) is 0 Å². The number of rotatable bonds is 3. The SMILES string of the molecule is CN(C)c1cccc(-c2nn(-c3cc(Cl)ccc3Cl)c3c2CCCCN3)c1.